The number of rotatable bonds is 1. The molecule has 0 amide bonds. The molecule has 0 aliphatic carbocycles. The van der Waals surface area contributed by atoms with Gasteiger partial charge in [-0.15, -0.1) is 0 Å². The fraction of sp³-hybridized carbons (Fsp3) is 0.615. The lowest BCUT2D eigenvalue weighted by Crippen LogP contribution is -2.39. The maximum atomic E-state index is 12.6. The first kappa shape index (κ1) is 14.1. The Bertz CT molecular complexity index is 537. The Balaban J connectivity index is 1.98. The zero-order chi connectivity index (χ0) is 14.5. The van der Waals surface area contributed by atoms with E-state index >= 15 is 0 Å². The predicted octanol–water partition coefficient (Wildman–Crippen LogP) is 2.81. The second-order valence-electron chi connectivity index (χ2n) is 5.40. The summed E-state index contributed by atoms with van der Waals surface area (Å²) in [6.07, 6.45) is -2.24. The SMILES string of the molecule is OC1(c2ccc(C(F)(F)F)nc2Cl)CCN2CCCC21. The van der Waals surface area contributed by atoms with Gasteiger partial charge in [0, 0.05) is 18.2 Å². The Labute approximate surface area is 119 Å². The van der Waals surface area contributed by atoms with Gasteiger partial charge in [0.1, 0.15) is 16.4 Å². The quantitative estimate of drug-likeness (QED) is 0.811. The number of aromatic nitrogens is 1. The van der Waals surface area contributed by atoms with Crippen molar-refractivity contribution in [2.45, 2.75) is 37.1 Å². The van der Waals surface area contributed by atoms with Gasteiger partial charge in [-0.25, -0.2) is 4.98 Å². The third kappa shape index (κ3) is 2.10. The van der Waals surface area contributed by atoms with Gasteiger partial charge < -0.3 is 5.11 Å². The van der Waals surface area contributed by atoms with E-state index in [1.807, 2.05) is 0 Å². The molecule has 7 heteroatoms. The lowest BCUT2D eigenvalue weighted by molar-refractivity contribution is -0.141. The molecule has 3 heterocycles. The summed E-state index contributed by atoms with van der Waals surface area (Å²) in [6, 6.07) is 2.08. The van der Waals surface area contributed by atoms with E-state index in [2.05, 4.69) is 9.88 Å². The smallest absolute Gasteiger partial charge is 0.383 e. The molecule has 2 atom stereocenters. The van der Waals surface area contributed by atoms with Crippen LogP contribution in [0.5, 0.6) is 0 Å². The predicted molar refractivity (Wildman–Crippen MR) is 67.4 cm³/mol. The van der Waals surface area contributed by atoms with Crippen LogP contribution in [0.15, 0.2) is 12.1 Å². The maximum Gasteiger partial charge on any atom is 0.433 e. The average Bonchev–Trinajstić information content (AvgIpc) is 2.93. The molecule has 110 valence electrons. The van der Waals surface area contributed by atoms with Crippen LogP contribution in [0.25, 0.3) is 0 Å². The zero-order valence-corrected chi connectivity index (χ0v) is 11.4. The number of alkyl halides is 3. The first-order valence-electron chi connectivity index (χ1n) is 6.53. The summed E-state index contributed by atoms with van der Waals surface area (Å²) >= 11 is 5.91. The third-order valence-corrected chi connectivity index (χ3v) is 4.59. The van der Waals surface area contributed by atoms with E-state index in [9.17, 15) is 18.3 Å². The number of hydrogen-bond donors (Lipinski definition) is 1. The molecule has 2 aliphatic heterocycles. The van der Waals surface area contributed by atoms with Gasteiger partial charge >= 0.3 is 6.18 Å². The Hall–Kier alpha value is -0.850. The van der Waals surface area contributed by atoms with Crippen LogP contribution in [-0.2, 0) is 11.8 Å². The molecule has 0 bridgehead atoms. The van der Waals surface area contributed by atoms with Crippen molar-refractivity contribution in [2.24, 2.45) is 0 Å². The first-order chi connectivity index (χ1) is 9.32. The van der Waals surface area contributed by atoms with E-state index in [0.29, 0.717) is 12.0 Å². The molecular formula is C13H14ClF3N2O. The average molecular weight is 307 g/mol. The fourth-order valence-electron chi connectivity index (χ4n) is 3.34. The molecule has 1 N–H and O–H groups in total. The minimum absolute atomic E-state index is 0.0708. The van der Waals surface area contributed by atoms with Crippen LogP contribution in [0.4, 0.5) is 13.2 Å². The number of nitrogens with zero attached hydrogens (tertiary/aromatic N) is 2. The first-order valence-corrected chi connectivity index (χ1v) is 6.91. The molecular weight excluding hydrogens is 293 g/mol. The molecule has 0 saturated carbocycles. The maximum absolute atomic E-state index is 12.6. The summed E-state index contributed by atoms with van der Waals surface area (Å²) in [5, 5.41) is 10.6. The standard InChI is InChI=1S/C13H14ClF3N2O/c14-11-8(3-4-9(18-11)13(15,16)17)12(20)5-7-19-6-1-2-10(12)19/h3-4,10,20H,1-2,5-7H2. The largest absolute Gasteiger partial charge is 0.433 e. The fourth-order valence-corrected chi connectivity index (χ4v) is 3.66. The van der Waals surface area contributed by atoms with Gasteiger partial charge in [-0.3, -0.25) is 4.90 Å². The van der Waals surface area contributed by atoms with Crippen LogP contribution in [0.3, 0.4) is 0 Å². The number of aliphatic hydroxyl groups is 1. The van der Waals surface area contributed by atoms with Gasteiger partial charge in [-0.05, 0) is 31.9 Å². The van der Waals surface area contributed by atoms with E-state index in [0.717, 1.165) is 32.0 Å². The van der Waals surface area contributed by atoms with E-state index in [-0.39, 0.29) is 11.2 Å². The van der Waals surface area contributed by atoms with Crippen molar-refractivity contribution < 1.29 is 18.3 Å². The molecule has 2 aliphatic rings. The van der Waals surface area contributed by atoms with Crippen molar-refractivity contribution in [3.63, 3.8) is 0 Å². The lowest BCUT2D eigenvalue weighted by atomic mass is 9.86. The molecule has 3 nitrogen and oxygen atoms in total. The van der Waals surface area contributed by atoms with Crippen LogP contribution in [0.1, 0.15) is 30.5 Å². The van der Waals surface area contributed by atoms with Crippen LogP contribution in [0, 0.1) is 0 Å². The summed E-state index contributed by atoms with van der Waals surface area (Å²) in [5.74, 6) is 0. The number of halogens is 4. The summed E-state index contributed by atoms with van der Waals surface area (Å²) < 4.78 is 37.8. The summed E-state index contributed by atoms with van der Waals surface area (Å²) in [5.41, 5.74) is -1.91. The Kier molecular flexibility index (Phi) is 3.23. The molecule has 2 unspecified atom stereocenters. The third-order valence-electron chi connectivity index (χ3n) is 4.30. The molecule has 0 radical (unpaired) electrons. The van der Waals surface area contributed by atoms with Gasteiger partial charge in [0.2, 0.25) is 0 Å². The Morgan fingerprint density at radius 1 is 1.35 bits per heavy atom. The van der Waals surface area contributed by atoms with Crippen LogP contribution in [0.2, 0.25) is 5.15 Å². The van der Waals surface area contributed by atoms with Gasteiger partial charge in [0.05, 0.1) is 0 Å². The molecule has 0 aromatic carbocycles. The number of pyridine rings is 1. The van der Waals surface area contributed by atoms with Crippen molar-refractivity contribution in [3.8, 4) is 0 Å². The topological polar surface area (TPSA) is 36.4 Å². The molecule has 20 heavy (non-hydrogen) atoms. The number of fused-ring (bicyclic) bond motifs is 1. The highest BCUT2D eigenvalue weighted by Gasteiger charge is 2.50. The molecule has 3 rings (SSSR count). The van der Waals surface area contributed by atoms with Crippen molar-refractivity contribution in [1.29, 1.82) is 0 Å². The van der Waals surface area contributed by atoms with Crippen molar-refractivity contribution in [1.82, 2.24) is 9.88 Å². The molecule has 1 aromatic heterocycles. The van der Waals surface area contributed by atoms with E-state index < -0.39 is 17.5 Å². The van der Waals surface area contributed by atoms with Crippen LogP contribution >= 0.6 is 11.6 Å². The van der Waals surface area contributed by atoms with Gasteiger partial charge in [-0.1, -0.05) is 17.7 Å². The molecule has 0 spiro atoms. The minimum atomic E-state index is -4.53. The summed E-state index contributed by atoms with van der Waals surface area (Å²) in [4.78, 5) is 5.57. The molecule has 2 saturated heterocycles. The number of hydrogen-bond acceptors (Lipinski definition) is 3. The molecule has 1 aromatic rings. The Morgan fingerprint density at radius 2 is 2.10 bits per heavy atom. The van der Waals surface area contributed by atoms with Crippen molar-refractivity contribution >= 4 is 11.6 Å². The van der Waals surface area contributed by atoms with Gasteiger partial charge in [0.15, 0.2) is 0 Å². The van der Waals surface area contributed by atoms with Crippen molar-refractivity contribution in [2.75, 3.05) is 13.1 Å². The van der Waals surface area contributed by atoms with Gasteiger partial charge in [0.25, 0.3) is 0 Å². The van der Waals surface area contributed by atoms with E-state index in [4.69, 9.17) is 11.6 Å². The highest BCUT2D eigenvalue weighted by Crippen LogP contribution is 2.45. The van der Waals surface area contributed by atoms with E-state index in [1.165, 1.54) is 6.07 Å². The summed E-state index contributed by atoms with van der Waals surface area (Å²) in [6.45, 7) is 1.65. The van der Waals surface area contributed by atoms with E-state index in [1.54, 1.807) is 0 Å². The van der Waals surface area contributed by atoms with Crippen LogP contribution < -0.4 is 0 Å². The minimum Gasteiger partial charge on any atom is -0.383 e. The Morgan fingerprint density at radius 3 is 2.75 bits per heavy atom. The monoisotopic (exact) mass is 306 g/mol. The molecule has 2 fully saturated rings. The highest BCUT2D eigenvalue weighted by molar-refractivity contribution is 6.30. The lowest BCUT2D eigenvalue weighted by Gasteiger charge is -2.30. The second-order valence-corrected chi connectivity index (χ2v) is 5.76. The second kappa shape index (κ2) is 4.58. The normalized spacial score (nSPS) is 30.8. The van der Waals surface area contributed by atoms with Crippen LogP contribution in [-0.4, -0.2) is 34.1 Å². The summed E-state index contributed by atoms with van der Waals surface area (Å²) in [7, 11) is 0. The van der Waals surface area contributed by atoms with Gasteiger partial charge in [-0.2, -0.15) is 13.2 Å². The zero-order valence-electron chi connectivity index (χ0n) is 10.6. The highest BCUT2D eigenvalue weighted by atomic mass is 35.5. The van der Waals surface area contributed by atoms with Crippen molar-refractivity contribution in [3.05, 3.63) is 28.5 Å².